The lowest BCUT2D eigenvalue weighted by Gasteiger charge is -2.29. The van der Waals surface area contributed by atoms with Crippen molar-refractivity contribution in [2.75, 3.05) is 19.8 Å². The standard InChI is InChI=1S/C11H17FN2O/c1-9-6-11(15-13-9)8-14-4-2-10(7-12)3-5-14/h6,10H,2-5,7-8H2,1H3. The van der Waals surface area contributed by atoms with Gasteiger partial charge in [-0.05, 0) is 38.8 Å². The van der Waals surface area contributed by atoms with E-state index in [9.17, 15) is 4.39 Å². The quantitative estimate of drug-likeness (QED) is 0.769. The fraction of sp³-hybridized carbons (Fsp3) is 0.727. The molecule has 0 radical (unpaired) electrons. The molecule has 1 fully saturated rings. The highest BCUT2D eigenvalue weighted by molar-refractivity contribution is 5.02. The number of likely N-dealkylation sites (tertiary alicyclic amines) is 1. The summed E-state index contributed by atoms with van der Waals surface area (Å²) in [6.07, 6.45) is 1.92. The third-order valence-corrected chi connectivity index (χ3v) is 2.98. The summed E-state index contributed by atoms with van der Waals surface area (Å²) in [6, 6.07) is 1.96. The van der Waals surface area contributed by atoms with E-state index in [1.807, 2.05) is 13.0 Å². The highest BCUT2D eigenvalue weighted by atomic mass is 19.1. The molecule has 0 N–H and O–H groups in total. The number of aryl methyl sites for hydroxylation is 1. The Kier molecular flexibility index (Phi) is 3.36. The van der Waals surface area contributed by atoms with Crippen LogP contribution in [0.1, 0.15) is 24.3 Å². The molecular weight excluding hydrogens is 195 g/mol. The normalized spacial score (nSPS) is 19.6. The molecule has 15 heavy (non-hydrogen) atoms. The van der Waals surface area contributed by atoms with Gasteiger partial charge < -0.3 is 4.52 Å². The zero-order valence-electron chi connectivity index (χ0n) is 9.08. The number of nitrogens with zero attached hydrogens (tertiary/aromatic N) is 2. The molecule has 3 nitrogen and oxygen atoms in total. The SMILES string of the molecule is Cc1cc(CN2CCC(CF)CC2)on1. The zero-order valence-corrected chi connectivity index (χ0v) is 9.08. The van der Waals surface area contributed by atoms with Crippen LogP contribution in [-0.4, -0.2) is 29.8 Å². The maximum Gasteiger partial charge on any atom is 0.150 e. The van der Waals surface area contributed by atoms with Gasteiger partial charge in [-0.25, -0.2) is 0 Å². The van der Waals surface area contributed by atoms with E-state index in [2.05, 4.69) is 10.1 Å². The molecular formula is C11H17FN2O. The monoisotopic (exact) mass is 212 g/mol. The fourth-order valence-corrected chi connectivity index (χ4v) is 2.01. The Hall–Kier alpha value is -0.900. The zero-order chi connectivity index (χ0) is 10.7. The summed E-state index contributed by atoms with van der Waals surface area (Å²) in [5, 5.41) is 3.85. The Morgan fingerprint density at radius 2 is 2.27 bits per heavy atom. The molecule has 1 aromatic heterocycles. The molecule has 1 aliphatic rings. The van der Waals surface area contributed by atoms with Gasteiger partial charge in [0.25, 0.3) is 0 Å². The Morgan fingerprint density at radius 3 is 2.80 bits per heavy atom. The molecule has 0 atom stereocenters. The summed E-state index contributed by atoms with van der Waals surface area (Å²) >= 11 is 0. The highest BCUT2D eigenvalue weighted by Crippen LogP contribution is 2.19. The molecule has 0 aromatic carbocycles. The lowest BCUT2D eigenvalue weighted by molar-refractivity contribution is 0.147. The predicted octanol–water partition coefficient (Wildman–Crippen LogP) is 2.16. The number of piperidine rings is 1. The molecule has 1 aromatic rings. The van der Waals surface area contributed by atoms with E-state index >= 15 is 0 Å². The minimum absolute atomic E-state index is 0.171. The molecule has 2 rings (SSSR count). The van der Waals surface area contributed by atoms with Gasteiger partial charge in [-0.3, -0.25) is 9.29 Å². The predicted molar refractivity (Wildman–Crippen MR) is 55.2 cm³/mol. The second-order valence-corrected chi connectivity index (χ2v) is 4.31. The highest BCUT2D eigenvalue weighted by Gasteiger charge is 2.19. The maximum atomic E-state index is 12.4. The first-order chi connectivity index (χ1) is 7.28. The second-order valence-electron chi connectivity index (χ2n) is 4.31. The van der Waals surface area contributed by atoms with E-state index in [0.29, 0.717) is 0 Å². The summed E-state index contributed by atoms with van der Waals surface area (Å²) in [4.78, 5) is 2.30. The first-order valence-electron chi connectivity index (χ1n) is 5.48. The molecule has 84 valence electrons. The average molecular weight is 212 g/mol. The van der Waals surface area contributed by atoms with Crippen LogP contribution in [0, 0.1) is 12.8 Å². The number of aromatic nitrogens is 1. The topological polar surface area (TPSA) is 29.3 Å². The molecule has 2 heterocycles. The number of halogens is 1. The van der Waals surface area contributed by atoms with Gasteiger partial charge in [0.2, 0.25) is 0 Å². The van der Waals surface area contributed by atoms with Crippen molar-refractivity contribution in [1.82, 2.24) is 10.1 Å². The summed E-state index contributed by atoms with van der Waals surface area (Å²) in [6.45, 7) is 4.49. The van der Waals surface area contributed by atoms with Gasteiger partial charge in [-0.2, -0.15) is 0 Å². The minimum Gasteiger partial charge on any atom is -0.360 e. The van der Waals surface area contributed by atoms with Crippen molar-refractivity contribution in [3.8, 4) is 0 Å². The molecule has 0 amide bonds. The molecule has 0 bridgehead atoms. The number of hydrogen-bond donors (Lipinski definition) is 0. The van der Waals surface area contributed by atoms with Crippen LogP contribution < -0.4 is 0 Å². The van der Waals surface area contributed by atoms with Crippen LogP contribution in [-0.2, 0) is 6.54 Å². The van der Waals surface area contributed by atoms with Crippen LogP contribution in [0.25, 0.3) is 0 Å². The second kappa shape index (κ2) is 4.75. The van der Waals surface area contributed by atoms with Gasteiger partial charge in [0.1, 0.15) is 0 Å². The van der Waals surface area contributed by atoms with Crippen LogP contribution in [0.3, 0.4) is 0 Å². The van der Waals surface area contributed by atoms with Crippen LogP contribution in [0.2, 0.25) is 0 Å². The molecule has 4 heteroatoms. The first kappa shape index (κ1) is 10.6. The van der Waals surface area contributed by atoms with Crippen LogP contribution in [0.4, 0.5) is 4.39 Å². The number of rotatable bonds is 3. The van der Waals surface area contributed by atoms with Gasteiger partial charge >= 0.3 is 0 Å². The van der Waals surface area contributed by atoms with E-state index in [4.69, 9.17) is 4.52 Å². The lowest BCUT2D eigenvalue weighted by atomic mass is 9.98. The Labute approximate surface area is 89.2 Å². The summed E-state index contributed by atoms with van der Waals surface area (Å²) < 4.78 is 17.5. The van der Waals surface area contributed by atoms with Crippen molar-refractivity contribution >= 4 is 0 Å². The van der Waals surface area contributed by atoms with Gasteiger partial charge in [0, 0.05) is 6.07 Å². The average Bonchev–Trinajstić information content (AvgIpc) is 2.65. The van der Waals surface area contributed by atoms with E-state index in [0.717, 1.165) is 43.9 Å². The van der Waals surface area contributed by atoms with E-state index in [1.165, 1.54) is 0 Å². The van der Waals surface area contributed by atoms with Crippen molar-refractivity contribution < 1.29 is 8.91 Å². The first-order valence-corrected chi connectivity index (χ1v) is 5.48. The van der Waals surface area contributed by atoms with Gasteiger partial charge in [-0.1, -0.05) is 5.16 Å². The Morgan fingerprint density at radius 1 is 1.53 bits per heavy atom. The van der Waals surface area contributed by atoms with Gasteiger partial charge in [0.05, 0.1) is 18.9 Å². The Bertz CT molecular complexity index is 305. The molecule has 0 spiro atoms. The largest absolute Gasteiger partial charge is 0.360 e. The van der Waals surface area contributed by atoms with Crippen molar-refractivity contribution in [2.24, 2.45) is 5.92 Å². The molecule has 0 saturated carbocycles. The molecule has 0 aliphatic carbocycles. The third kappa shape index (κ3) is 2.78. The third-order valence-electron chi connectivity index (χ3n) is 2.98. The van der Waals surface area contributed by atoms with Crippen molar-refractivity contribution in [3.63, 3.8) is 0 Å². The number of alkyl halides is 1. The summed E-state index contributed by atoms with van der Waals surface area (Å²) in [5.74, 6) is 1.18. The minimum atomic E-state index is -0.171. The number of hydrogen-bond acceptors (Lipinski definition) is 3. The van der Waals surface area contributed by atoms with E-state index < -0.39 is 0 Å². The van der Waals surface area contributed by atoms with Crippen molar-refractivity contribution in [1.29, 1.82) is 0 Å². The smallest absolute Gasteiger partial charge is 0.150 e. The summed E-state index contributed by atoms with van der Waals surface area (Å²) in [5.41, 5.74) is 0.920. The molecule has 0 unspecified atom stereocenters. The van der Waals surface area contributed by atoms with Crippen LogP contribution >= 0.6 is 0 Å². The van der Waals surface area contributed by atoms with Gasteiger partial charge in [0.15, 0.2) is 5.76 Å². The summed E-state index contributed by atoms with van der Waals surface area (Å²) in [7, 11) is 0. The maximum absolute atomic E-state index is 12.4. The van der Waals surface area contributed by atoms with Gasteiger partial charge in [-0.15, -0.1) is 0 Å². The Balaban J connectivity index is 1.82. The van der Waals surface area contributed by atoms with E-state index in [-0.39, 0.29) is 12.6 Å². The van der Waals surface area contributed by atoms with Crippen LogP contribution in [0.5, 0.6) is 0 Å². The van der Waals surface area contributed by atoms with Crippen molar-refractivity contribution in [3.05, 3.63) is 17.5 Å². The molecule has 1 saturated heterocycles. The fourth-order valence-electron chi connectivity index (χ4n) is 2.01. The van der Waals surface area contributed by atoms with Crippen molar-refractivity contribution in [2.45, 2.75) is 26.3 Å². The van der Waals surface area contributed by atoms with E-state index in [1.54, 1.807) is 0 Å². The molecule has 1 aliphatic heterocycles. The van der Waals surface area contributed by atoms with Crippen LogP contribution in [0.15, 0.2) is 10.6 Å². The lowest BCUT2D eigenvalue weighted by Crippen LogP contribution is -2.33.